The molecule has 0 aliphatic carbocycles. The Kier molecular flexibility index (Phi) is 5.70. The zero-order chi connectivity index (χ0) is 24.0. The molecule has 1 saturated heterocycles. The number of pyridine rings is 1. The fraction of sp³-hybridized carbons (Fsp3) is 0.214. The van der Waals surface area contributed by atoms with Gasteiger partial charge in [0.1, 0.15) is 5.82 Å². The molecule has 1 aliphatic heterocycles. The summed E-state index contributed by atoms with van der Waals surface area (Å²) in [5.74, 6) is -0.247. The first kappa shape index (κ1) is 22.3. The van der Waals surface area contributed by atoms with E-state index in [1.54, 1.807) is 12.3 Å². The number of thiocarbonyl (C=S) groups is 1. The highest BCUT2D eigenvalue weighted by molar-refractivity contribution is 7.80. The van der Waals surface area contributed by atoms with Crippen LogP contribution in [0.4, 0.5) is 10.1 Å². The maximum Gasteiger partial charge on any atom is 0.174 e. The van der Waals surface area contributed by atoms with Crippen LogP contribution >= 0.6 is 12.2 Å². The first-order chi connectivity index (χ1) is 16.3. The van der Waals surface area contributed by atoms with Gasteiger partial charge in [-0.05, 0) is 99.1 Å². The molecular formula is C28H27FN4S. The predicted octanol–water partition coefficient (Wildman–Crippen LogP) is 6.42. The summed E-state index contributed by atoms with van der Waals surface area (Å²) in [7, 11) is 0. The van der Waals surface area contributed by atoms with Crippen LogP contribution in [0.3, 0.4) is 0 Å². The van der Waals surface area contributed by atoms with Crippen molar-refractivity contribution in [2.24, 2.45) is 0 Å². The van der Waals surface area contributed by atoms with E-state index in [-0.39, 0.29) is 17.9 Å². The molecule has 34 heavy (non-hydrogen) atoms. The molecule has 4 aromatic rings. The molecule has 0 spiro atoms. The maximum absolute atomic E-state index is 14.8. The highest BCUT2D eigenvalue weighted by Crippen LogP contribution is 2.44. The molecule has 172 valence electrons. The number of aromatic nitrogens is 2. The fourth-order valence-corrected chi connectivity index (χ4v) is 5.48. The molecule has 0 radical (unpaired) electrons. The van der Waals surface area contributed by atoms with Crippen LogP contribution in [0.25, 0.3) is 5.69 Å². The molecule has 1 N–H and O–H groups in total. The SMILES string of the molecule is Cc1cc(C)cc(N2C(=S)NC(c3ccccn3)C2c2cc(C)n(-c3ccccc3F)c2C)c1. The van der Waals surface area contributed by atoms with Gasteiger partial charge in [-0.3, -0.25) is 4.98 Å². The van der Waals surface area contributed by atoms with E-state index in [2.05, 4.69) is 53.3 Å². The zero-order valence-corrected chi connectivity index (χ0v) is 20.5. The number of nitrogens with zero attached hydrogens (tertiary/aromatic N) is 3. The second-order valence-electron chi connectivity index (χ2n) is 8.96. The molecule has 3 heterocycles. The first-order valence-electron chi connectivity index (χ1n) is 11.4. The number of rotatable bonds is 4. The minimum atomic E-state index is -0.247. The number of nitrogens with one attached hydrogen (secondary N) is 1. The third kappa shape index (κ3) is 3.78. The predicted molar refractivity (Wildman–Crippen MR) is 139 cm³/mol. The molecular weight excluding hydrogens is 443 g/mol. The topological polar surface area (TPSA) is 33.1 Å². The van der Waals surface area contributed by atoms with Crippen molar-refractivity contribution in [3.63, 3.8) is 0 Å². The van der Waals surface area contributed by atoms with E-state index in [9.17, 15) is 4.39 Å². The van der Waals surface area contributed by atoms with Crippen molar-refractivity contribution >= 4 is 23.0 Å². The van der Waals surface area contributed by atoms with Gasteiger partial charge in [-0.2, -0.15) is 0 Å². The Morgan fingerprint density at radius 3 is 2.29 bits per heavy atom. The Morgan fingerprint density at radius 2 is 1.62 bits per heavy atom. The van der Waals surface area contributed by atoms with Crippen molar-refractivity contribution in [3.05, 3.63) is 113 Å². The Labute approximate surface area is 205 Å². The fourth-order valence-electron chi connectivity index (χ4n) is 5.13. The molecule has 6 heteroatoms. The maximum atomic E-state index is 14.8. The summed E-state index contributed by atoms with van der Waals surface area (Å²) in [6.07, 6.45) is 1.80. The van der Waals surface area contributed by atoms with Gasteiger partial charge in [-0.1, -0.05) is 24.3 Å². The van der Waals surface area contributed by atoms with Crippen LogP contribution in [0.5, 0.6) is 0 Å². The summed E-state index contributed by atoms with van der Waals surface area (Å²) in [6, 6.07) is 21.1. The van der Waals surface area contributed by atoms with Gasteiger partial charge in [0.2, 0.25) is 0 Å². The second kappa shape index (κ2) is 8.69. The van der Waals surface area contributed by atoms with Crippen molar-refractivity contribution in [1.82, 2.24) is 14.9 Å². The van der Waals surface area contributed by atoms with Crippen LogP contribution in [-0.2, 0) is 0 Å². The van der Waals surface area contributed by atoms with Crippen molar-refractivity contribution in [3.8, 4) is 5.69 Å². The van der Waals surface area contributed by atoms with E-state index < -0.39 is 0 Å². The van der Waals surface area contributed by atoms with E-state index in [0.29, 0.717) is 10.8 Å². The summed E-state index contributed by atoms with van der Waals surface area (Å²) in [5, 5.41) is 4.18. The normalized spacial score (nSPS) is 17.8. The largest absolute Gasteiger partial charge is 0.351 e. The third-order valence-electron chi connectivity index (χ3n) is 6.46. The van der Waals surface area contributed by atoms with E-state index >= 15 is 0 Å². The number of benzene rings is 2. The van der Waals surface area contributed by atoms with Crippen LogP contribution < -0.4 is 10.2 Å². The molecule has 4 nitrogen and oxygen atoms in total. The highest BCUT2D eigenvalue weighted by Gasteiger charge is 2.42. The molecule has 0 bridgehead atoms. The van der Waals surface area contributed by atoms with Crippen molar-refractivity contribution in [2.75, 3.05) is 4.90 Å². The number of anilines is 1. The Balaban J connectivity index is 1.71. The monoisotopic (exact) mass is 470 g/mol. The average molecular weight is 471 g/mol. The van der Waals surface area contributed by atoms with Gasteiger partial charge in [-0.15, -0.1) is 0 Å². The molecule has 2 unspecified atom stereocenters. The van der Waals surface area contributed by atoms with Crippen LogP contribution in [0.15, 0.2) is 72.9 Å². The molecule has 2 aromatic heterocycles. The van der Waals surface area contributed by atoms with Crippen LogP contribution in [0.1, 0.15) is 45.9 Å². The van der Waals surface area contributed by atoms with Crippen molar-refractivity contribution < 1.29 is 4.39 Å². The van der Waals surface area contributed by atoms with Gasteiger partial charge in [0.25, 0.3) is 0 Å². The number of hydrogen-bond donors (Lipinski definition) is 1. The lowest BCUT2D eigenvalue weighted by atomic mass is 9.96. The van der Waals surface area contributed by atoms with Crippen LogP contribution in [-0.4, -0.2) is 14.7 Å². The van der Waals surface area contributed by atoms with Crippen LogP contribution in [0, 0.1) is 33.5 Å². The third-order valence-corrected chi connectivity index (χ3v) is 6.78. The summed E-state index contributed by atoms with van der Waals surface area (Å²) in [6.45, 7) is 8.25. The second-order valence-corrected chi connectivity index (χ2v) is 9.34. The molecule has 2 aromatic carbocycles. The molecule has 1 aliphatic rings. The van der Waals surface area contributed by atoms with Gasteiger partial charge in [0.05, 0.1) is 23.5 Å². The summed E-state index contributed by atoms with van der Waals surface area (Å²) >= 11 is 5.88. The minimum absolute atomic E-state index is 0.143. The molecule has 5 rings (SSSR count). The lowest BCUT2D eigenvalue weighted by Crippen LogP contribution is -2.29. The summed E-state index contributed by atoms with van der Waals surface area (Å²) in [5.41, 5.74) is 7.88. The van der Waals surface area contributed by atoms with Gasteiger partial charge >= 0.3 is 0 Å². The Morgan fingerprint density at radius 1 is 0.912 bits per heavy atom. The zero-order valence-electron chi connectivity index (χ0n) is 19.7. The van der Waals surface area contributed by atoms with Gasteiger partial charge in [0.15, 0.2) is 5.11 Å². The lowest BCUT2D eigenvalue weighted by Gasteiger charge is -2.29. The molecule has 0 saturated carbocycles. The number of para-hydroxylation sites is 1. The Hall–Kier alpha value is -3.51. The highest BCUT2D eigenvalue weighted by atomic mass is 32.1. The standard InChI is InChI=1S/C28H27FN4S/c1-17-13-18(2)15-21(14-17)33-27(26(31-28(33)34)24-10-7-8-12-30-24)22-16-19(3)32(20(22)4)25-11-6-5-9-23(25)29/h5-16,26-27H,1-4H3,(H,31,34). The first-order valence-corrected chi connectivity index (χ1v) is 11.8. The molecule has 0 amide bonds. The van der Waals surface area contributed by atoms with E-state index in [1.807, 2.05) is 48.7 Å². The Bertz CT molecular complexity index is 1360. The van der Waals surface area contributed by atoms with Crippen LogP contribution in [0.2, 0.25) is 0 Å². The van der Waals surface area contributed by atoms with Gasteiger partial charge in [0, 0.05) is 23.3 Å². The van der Waals surface area contributed by atoms with Gasteiger partial charge in [-0.25, -0.2) is 4.39 Å². The van der Waals surface area contributed by atoms with Gasteiger partial charge < -0.3 is 14.8 Å². The summed E-state index contributed by atoms with van der Waals surface area (Å²) in [4.78, 5) is 6.83. The minimum Gasteiger partial charge on any atom is -0.351 e. The quantitative estimate of drug-likeness (QED) is 0.349. The van der Waals surface area contributed by atoms with E-state index in [4.69, 9.17) is 12.2 Å². The average Bonchev–Trinajstić information content (AvgIpc) is 3.29. The number of hydrogen-bond acceptors (Lipinski definition) is 2. The summed E-state index contributed by atoms with van der Waals surface area (Å²) < 4.78 is 16.8. The number of aryl methyl sites for hydroxylation is 3. The smallest absolute Gasteiger partial charge is 0.174 e. The van der Waals surface area contributed by atoms with Crippen molar-refractivity contribution in [2.45, 2.75) is 39.8 Å². The van der Waals surface area contributed by atoms with E-state index in [1.165, 1.54) is 17.2 Å². The lowest BCUT2D eigenvalue weighted by molar-refractivity contribution is 0.564. The molecule has 2 atom stereocenters. The van der Waals surface area contributed by atoms with Crippen molar-refractivity contribution in [1.29, 1.82) is 0 Å². The molecule has 1 fully saturated rings. The van der Waals surface area contributed by atoms with E-state index in [0.717, 1.165) is 28.3 Å². The number of halogens is 1.